The number of ether oxygens (including phenoxy) is 5. The van der Waals surface area contributed by atoms with Gasteiger partial charge in [-0.05, 0) is 18.1 Å². The highest BCUT2D eigenvalue weighted by Gasteiger charge is 2.38. The number of hydrogen-bond donors (Lipinski definition) is 2. The highest BCUT2D eigenvalue weighted by atomic mass is 16.7. The molecule has 1 saturated heterocycles. The van der Waals surface area contributed by atoms with Crippen LogP contribution < -0.4 is 20.8 Å². The number of anilines is 1. The van der Waals surface area contributed by atoms with Crippen molar-refractivity contribution in [2.75, 3.05) is 26.6 Å². The number of ketones is 1. The van der Waals surface area contributed by atoms with Crippen molar-refractivity contribution in [3.8, 4) is 11.5 Å². The smallest absolute Gasteiger partial charge is 0.497 e. The second-order valence-electron chi connectivity index (χ2n) is 11.0. The number of nitrogens with two attached hydrogens (primary N) is 1. The SMILES string of the molecule is COc1cc(OC)cc(C(OC(=O)OC[C@H]2O[C@@H](n3cnc4c(=O)n(CC(C)C)c(N)nc43)C[C@@H]2O)C(=O)c2ccccc2)c1. The summed E-state index contributed by atoms with van der Waals surface area (Å²) in [4.78, 5) is 48.0. The number of imidazole rings is 1. The molecule has 0 saturated carbocycles. The summed E-state index contributed by atoms with van der Waals surface area (Å²) < 4.78 is 30.3. The van der Waals surface area contributed by atoms with Gasteiger partial charge in [0.15, 0.2) is 17.3 Å². The summed E-state index contributed by atoms with van der Waals surface area (Å²) in [6.07, 6.45) is -3.79. The molecule has 2 aromatic heterocycles. The zero-order valence-corrected chi connectivity index (χ0v) is 25.3. The summed E-state index contributed by atoms with van der Waals surface area (Å²) >= 11 is 0. The number of nitrogen functional groups attached to an aromatic ring is 1. The Labute approximate surface area is 258 Å². The molecule has 2 aromatic carbocycles. The number of aliphatic hydroxyl groups is 1. The van der Waals surface area contributed by atoms with Gasteiger partial charge in [0.2, 0.25) is 11.7 Å². The van der Waals surface area contributed by atoms with Gasteiger partial charge >= 0.3 is 6.16 Å². The first-order valence-electron chi connectivity index (χ1n) is 14.3. The monoisotopic (exact) mass is 621 g/mol. The number of hydrogen-bond acceptors (Lipinski definition) is 12. The highest BCUT2D eigenvalue weighted by molar-refractivity contribution is 6.00. The Morgan fingerprint density at radius 1 is 1.11 bits per heavy atom. The maximum absolute atomic E-state index is 13.5. The Kier molecular flexibility index (Phi) is 9.34. The van der Waals surface area contributed by atoms with Gasteiger partial charge < -0.3 is 34.5 Å². The predicted molar refractivity (Wildman–Crippen MR) is 161 cm³/mol. The molecule has 14 heteroatoms. The standard InChI is InChI=1S/C31H35N5O9/c1-17(2)14-35-29(39)25-28(34-30(35)32)36(16-33-25)24-13-22(37)23(44-24)15-43-31(40)45-27(26(38)18-8-6-5-7-9-18)19-10-20(41-3)12-21(11-19)42-4/h5-12,16-17,22-24,27,37H,13-15H2,1-4H3,(H2,32,34)/t22-,23+,24+,27?/m0/s1. The van der Waals surface area contributed by atoms with Crippen LogP contribution in [0.2, 0.25) is 0 Å². The lowest BCUT2D eigenvalue weighted by Gasteiger charge is -2.20. The Morgan fingerprint density at radius 3 is 2.44 bits per heavy atom. The Morgan fingerprint density at radius 2 is 1.80 bits per heavy atom. The minimum absolute atomic E-state index is 0.0392. The van der Waals surface area contributed by atoms with E-state index in [9.17, 15) is 19.5 Å². The number of aliphatic hydroxyl groups excluding tert-OH is 1. The average Bonchev–Trinajstić information content (AvgIpc) is 3.63. The van der Waals surface area contributed by atoms with Crippen molar-refractivity contribution < 1.29 is 38.4 Å². The number of carbonyl (C=O) groups is 2. The van der Waals surface area contributed by atoms with Crippen molar-refractivity contribution in [3.05, 3.63) is 76.3 Å². The molecule has 0 radical (unpaired) electrons. The first-order valence-corrected chi connectivity index (χ1v) is 14.3. The van der Waals surface area contributed by atoms with Crippen LogP contribution in [0, 0.1) is 5.92 Å². The molecule has 1 aliphatic rings. The third-order valence-corrected chi connectivity index (χ3v) is 7.33. The van der Waals surface area contributed by atoms with Crippen molar-refractivity contribution in [2.45, 2.75) is 51.4 Å². The fourth-order valence-electron chi connectivity index (χ4n) is 5.09. The van der Waals surface area contributed by atoms with Gasteiger partial charge in [0.25, 0.3) is 5.56 Å². The van der Waals surface area contributed by atoms with Crippen LogP contribution in [-0.4, -0.2) is 69.2 Å². The molecule has 5 rings (SSSR count). The normalized spacial score (nSPS) is 18.6. The number of carbonyl (C=O) groups excluding carboxylic acids is 2. The summed E-state index contributed by atoms with van der Waals surface area (Å²) in [5, 5.41) is 10.7. The van der Waals surface area contributed by atoms with E-state index in [1.54, 1.807) is 48.5 Å². The molecule has 1 aliphatic heterocycles. The third kappa shape index (κ3) is 6.76. The quantitative estimate of drug-likeness (QED) is 0.185. The molecule has 1 unspecified atom stereocenters. The van der Waals surface area contributed by atoms with E-state index in [1.165, 1.54) is 29.7 Å². The summed E-state index contributed by atoms with van der Waals surface area (Å²) in [5.74, 6) is 0.492. The fourth-order valence-corrected chi connectivity index (χ4v) is 5.09. The van der Waals surface area contributed by atoms with Gasteiger partial charge in [0, 0.05) is 30.2 Å². The summed E-state index contributed by atoms with van der Waals surface area (Å²) in [6, 6.07) is 13.1. The van der Waals surface area contributed by atoms with E-state index in [1.807, 2.05) is 13.8 Å². The second kappa shape index (κ2) is 13.4. The van der Waals surface area contributed by atoms with Crippen LogP contribution in [0.1, 0.15) is 48.5 Å². The van der Waals surface area contributed by atoms with Crippen LogP contribution >= 0.6 is 0 Å². The van der Waals surface area contributed by atoms with E-state index < -0.39 is 36.5 Å². The molecule has 0 aliphatic carbocycles. The predicted octanol–water partition coefficient (Wildman–Crippen LogP) is 3.27. The number of benzene rings is 2. The van der Waals surface area contributed by atoms with Crippen LogP contribution in [0.4, 0.5) is 10.7 Å². The summed E-state index contributed by atoms with van der Waals surface area (Å²) in [5.41, 5.74) is 6.66. The Hall–Kier alpha value is -4.95. The van der Waals surface area contributed by atoms with Crippen LogP contribution in [0.15, 0.2) is 59.7 Å². The topological polar surface area (TPSA) is 179 Å². The van der Waals surface area contributed by atoms with Gasteiger partial charge in [-0.1, -0.05) is 44.2 Å². The maximum atomic E-state index is 13.5. The maximum Gasteiger partial charge on any atom is 0.509 e. The molecule has 3 N–H and O–H groups in total. The van der Waals surface area contributed by atoms with Crippen molar-refractivity contribution >= 4 is 29.1 Å². The molecule has 4 atom stereocenters. The van der Waals surface area contributed by atoms with E-state index in [0.29, 0.717) is 29.2 Å². The van der Waals surface area contributed by atoms with Crippen LogP contribution in [0.5, 0.6) is 11.5 Å². The molecule has 1 fully saturated rings. The van der Waals surface area contributed by atoms with Gasteiger partial charge in [0.1, 0.15) is 30.4 Å². The number of nitrogens with zero attached hydrogens (tertiary/aromatic N) is 4. The molecule has 0 bridgehead atoms. The van der Waals surface area contributed by atoms with Crippen LogP contribution in [0.25, 0.3) is 11.2 Å². The van der Waals surface area contributed by atoms with Gasteiger partial charge in [-0.25, -0.2) is 9.78 Å². The van der Waals surface area contributed by atoms with Gasteiger partial charge in [-0.2, -0.15) is 4.98 Å². The van der Waals surface area contributed by atoms with Gasteiger partial charge in [-0.15, -0.1) is 0 Å². The lowest BCUT2D eigenvalue weighted by molar-refractivity contribution is -0.0600. The Balaban J connectivity index is 1.30. The number of fused-ring (bicyclic) bond motifs is 1. The molecule has 14 nitrogen and oxygen atoms in total. The molecular weight excluding hydrogens is 586 g/mol. The lowest BCUT2D eigenvalue weighted by atomic mass is 9.99. The van der Waals surface area contributed by atoms with Crippen LogP contribution in [-0.2, 0) is 20.8 Å². The van der Waals surface area contributed by atoms with E-state index in [-0.39, 0.29) is 41.6 Å². The molecule has 238 valence electrons. The second-order valence-corrected chi connectivity index (χ2v) is 11.0. The number of aromatic nitrogens is 4. The number of rotatable bonds is 11. The first-order chi connectivity index (χ1) is 21.6. The summed E-state index contributed by atoms with van der Waals surface area (Å²) in [6.45, 7) is 3.92. The number of methoxy groups -OCH3 is 2. The van der Waals surface area contributed by atoms with E-state index in [2.05, 4.69) is 9.97 Å². The zero-order valence-electron chi connectivity index (χ0n) is 25.3. The largest absolute Gasteiger partial charge is 0.509 e. The molecule has 45 heavy (non-hydrogen) atoms. The van der Waals surface area contributed by atoms with E-state index >= 15 is 0 Å². The van der Waals surface area contributed by atoms with E-state index in [0.717, 1.165) is 0 Å². The average molecular weight is 622 g/mol. The Bertz CT molecular complexity index is 1710. The number of Topliss-reactive ketones (excluding diaryl/α,β-unsaturated/α-hetero) is 1. The minimum Gasteiger partial charge on any atom is -0.497 e. The van der Waals surface area contributed by atoms with Crippen LogP contribution in [0.3, 0.4) is 0 Å². The van der Waals surface area contributed by atoms with Crippen molar-refractivity contribution in [1.29, 1.82) is 0 Å². The summed E-state index contributed by atoms with van der Waals surface area (Å²) in [7, 11) is 2.92. The van der Waals surface area contributed by atoms with Gasteiger partial charge in [0.05, 0.1) is 26.7 Å². The molecule has 0 spiro atoms. The molecule has 0 amide bonds. The fraction of sp³-hybridized carbons (Fsp3) is 0.387. The minimum atomic E-state index is -1.39. The molecule has 4 aromatic rings. The van der Waals surface area contributed by atoms with Crippen molar-refractivity contribution in [3.63, 3.8) is 0 Å². The lowest BCUT2D eigenvalue weighted by Crippen LogP contribution is -2.29. The highest BCUT2D eigenvalue weighted by Crippen LogP contribution is 2.33. The zero-order chi connectivity index (χ0) is 32.2. The molecule has 3 heterocycles. The van der Waals surface area contributed by atoms with Crippen molar-refractivity contribution in [2.24, 2.45) is 5.92 Å². The van der Waals surface area contributed by atoms with Crippen molar-refractivity contribution in [1.82, 2.24) is 19.1 Å². The van der Waals surface area contributed by atoms with Gasteiger partial charge in [-0.3, -0.25) is 18.7 Å². The van der Waals surface area contributed by atoms with E-state index in [4.69, 9.17) is 29.4 Å². The first kappa shape index (κ1) is 31.5. The third-order valence-electron chi connectivity index (χ3n) is 7.33. The molecular formula is C31H35N5O9.